The molecule has 0 bridgehead atoms. The molecule has 2 aromatic rings. The van der Waals surface area contributed by atoms with Crippen molar-refractivity contribution in [1.82, 2.24) is 0 Å². The van der Waals surface area contributed by atoms with E-state index in [9.17, 15) is 4.39 Å². The van der Waals surface area contributed by atoms with Gasteiger partial charge in [0.1, 0.15) is 5.82 Å². The predicted octanol–water partition coefficient (Wildman–Crippen LogP) is 4.34. The van der Waals surface area contributed by atoms with E-state index in [-0.39, 0.29) is 11.9 Å². The summed E-state index contributed by atoms with van der Waals surface area (Å²) in [6.07, 6.45) is 4.50. The molecule has 0 saturated heterocycles. The van der Waals surface area contributed by atoms with Gasteiger partial charge in [0.15, 0.2) is 0 Å². The van der Waals surface area contributed by atoms with Crippen molar-refractivity contribution in [2.45, 2.75) is 37.6 Å². The first-order chi connectivity index (χ1) is 9.74. The largest absolute Gasteiger partial charge is 0.324 e. The van der Waals surface area contributed by atoms with Crippen molar-refractivity contribution < 1.29 is 4.39 Å². The summed E-state index contributed by atoms with van der Waals surface area (Å²) >= 11 is 0. The standard InChI is InChI=1S/C18H20FN/c19-17-7-2-1-4-16(17)12-18(20)15-10-8-14(9-11-15)13-5-3-6-13/h1-2,4,7-11,13,18H,3,5-6,12,20H2. The SMILES string of the molecule is NC(Cc1ccccc1F)c1ccc(C2CCC2)cc1. The molecular weight excluding hydrogens is 249 g/mol. The van der Waals surface area contributed by atoms with Crippen LogP contribution in [0.15, 0.2) is 48.5 Å². The predicted molar refractivity (Wildman–Crippen MR) is 80.1 cm³/mol. The summed E-state index contributed by atoms with van der Waals surface area (Å²) in [6, 6.07) is 15.3. The lowest BCUT2D eigenvalue weighted by atomic mass is 9.80. The highest BCUT2D eigenvalue weighted by Crippen LogP contribution is 2.36. The number of benzene rings is 2. The fourth-order valence-corrected chi connectivity index (χ4v) is 2.78. The number of nitrogens with two attached hydrogens (primary N) is 1. The third-order valence-corrected chi connectivity index (χ3v) is 4.34. The quantitative estimate of drug-likeness (QED) is 0.878. The second-order valence-corrected chi connectivity index (χ2v) is 5.70. The molecule has 0 aromatic heterocycles. The van der Waals surface area contributed by atoms with E-state index < -0.39 is 0 Å². The minimum Gasteiger partial charge on any atom is -0.324 e. The van der Waals surface area contributed by atoms with Crippen LogP contribution < -0.4 is 5.73 Å². The van der Waals surface area contributed by atoms with Gasteiger partial charge in [0, 0.05) is 6.04 Å². The summed E-state index contributed by atoms with van der Waals surface area (Å²) in [4.78, 5) is 0. The number of rotatable bonds is 4. The molecule has 2 heteroatoms. The molecule has 20 heavy (non-hydrogen) atoms. The van der Waals surface area contributed by atoms with Crippen LogP contribution in [-0.4, -0.2) is 0 Å². The molecule has 0 radical (unpaired) electrons. The molecule has 0 spiro atoms. The van der Waals surface area contributed by atoms with Crippen LogP contribution in [0.1, 0.15) is 47.9 Å². The maximum atomic E-state index is 13.6. The topological polar surface area (TPSA) is 26.0 Å². The Bertz CT molecular complexity index is 572. The first-order valence-electron chi connectivity index (χ1n) is 7.33. The second kappa shape index (κ2) is 5.76. The normalized spacial score (nSPS) is 16.7. The molecule has 1 atom stereocenters. The van der Waals surface area contributed by atoms with E-state index in [2.05, 4.69) is 24.3 Å². The van der Waals surface area contributed by atoms with Gasteiger partial charge in [-0.1, -0.05) is 48.9 Å². The molecule has 0 amide bonds. The molecule has 104 valence electrons. The molecule has 1 fully saturated rings. The summed E-state index contributed by atoms with van der Waals surface area (Å²) in [5.41, 5.74) is 9.38. The van der Waals surface area contributed by atoms with Crippen molar-refractivity contribution in [1.29, 1.82) is 0 Å². The molecule has 0 heterocycles. The molecule has 1 aliphatic rings. The lowest BCUT2D eigenvalue weighted by Gasteiger charge is -2.26. The van der Waals surface area contributed by atoms with Crippen LogP contribution in [0.4, 0.5) is 4.39 Å². The van der Waals surface area contributed by atoms with Crippen LogP contribution in [0.3, 0.4) is 0 Å². The van der Waals surface area contributed by atoms with Gasteiger partial charge in [-0.3, -0.25) is 0 Å². The Morgan fingerprint density at radius 1 is 1.05 bits per heavy atom. The van der Waals surface area contributed by atoms with Gasteiger partial charge in [-0.15, -0.1) is 0 Å². The molecule has 3 rings (SSSR count). The average Bonchev–Trinajstić information content (AvgIpc) is 2.40. The van der Waals surface area contributed by atoms with Gasteiger partial charge >= 0.3 is 0 Å². The second-order valence-electron chi connectivity index (χ2n) is 5.70. The van der Waals surface area contributed by atoms with Crippen molar-refractivity contribution in [3.05, 3.63) is 71.0 Å². The summed E-state index contributed by atoms with van der Waals surface area (Å²) < 4.78 is 13.6. The molecule has 1 nitrogen and oxygen atoms in total. The van der Waals surface area contributed by atoms with Crippen molar-refractivity contribution in [2.75, 3.05) is 0 Å². The Labute approximate surface area is 119 Å². The average molecular weight is 269 g/mol. The van der Waals surface area contributed by atoms with Crippen LogP contribution in [0.25, 0.3) is 0 Å². The van der Waals surface area contributed by atoms with E-state index in [1.807, 2.05) is 6.07 Å². The Morgan fingerprint density at radius 3 is 2.35 bits per heavy atom. The maximum absolute atomic E-state index is 13.6. The van der Waals surface area contributed by atoms with Gasteiger partial charge in [0.25, 0.3) is 0 Å². The summed E-state index contributed by atoms with van der Waals surface area (Å²) in [7, 11) is 0. The lowest BCUT2D eigenvalue weighted by Crippen LogP contribution is -2.15. The highest BCUT2D eigenvalue weighted by Gasteiger charge is 2.19. The Kier molecular flexibility index (Phi) is 3.83. The summed E-state index contributed by atoms with van der Waals surface area (Å²) in [5, 5.41) is 0. The van der Waals surface area contributed by atoms with Crippen LogP contribution in [0, 0.1) is 5.82 Å². The summed E-state index contributed by atoms with van der Waals surface area (Å²) in [5.74, 6) is 0.570. The third kappa shape index (κ3) is 2.75. The van der Waals surface area contributed by atoms with E-state index in [0.717, 1.165) is 11.5 Å². The van der Waals surface area contributed by atoms with Crippen molar-refractivity contribution in [3.63, 3.8) is 0 Å². The molecule has 1 aliphatic carbocycles. The van der Waals surface area contributed by atoms with Crippen molar-refractivity contribution >= 4 is 0 Å². The highest BCUT2D eigenvalue weighted by atomic mass is 19.1. The highest BCUT2D eigenvalue weighted by molar-refractivity contribution is 5.30. The van der Waals surface area contributed by atoms with E-state index in [1.165, 1.54) is 30.9 Å². The van der Waals surface area contributed by atoms with E-state index in [0.29, 0.717) is 12.0 Å². The zero-order valence-corrected chi connectivity index (χ0v) is 11.6. The summed E-state index contributed by atoms with van der Waals surface area (Å²) in [6.45, 7) is 0. The third-order valence-electron chi connectivity index (χ3n) is 4.34. The first kappa shape index (κ1) is 13.3. The fourth-order valence-electron chi connectivity index (χ4n) is 2.78. The van der Waals surface area contributed by atoms with Crippen LogP contribution in [0.2, 0.25) is 0 Å². The zero-order valence-electron chi connectivity index (χ0n) is 11.6. The fraction of sp³-hybridized carbons (Fsp3) is 0.333. The molecule has 0 aliphatic heterocycles. The molecule has 2 aromatic carbocycles. The van der Waals surface area contributed by atoms with Gasteiger partial charge in [-0.25, -0.2) is 4.39 Å². The molecular formula is C18H20FN. The minimum atomic E-state index is -0.172. The Morgan fingerprint density at radius 2 is 1.75 bits per heavy atom. The Hall–Kier alpha value is -1.67. The maximum Gasteiger partial charge on any atom is 0.126 e. The number of hydrogen-bond acceptors (Lipinski definition) is 1. The number of hydrogen-bond donors (Lipinski definition) is 1. The van der Waals surface area contributed by atoms with Gasteiger partial charge in [0.2, 0.25) is 0 Å². The smallest absolute Gasteiger partial charge is 0.126 e. The molecule has 1 saturated carbocycles. The van der Waals surface area contributed by atoms with E-state index in [4.69, 9.17) is 5.73 Å². The van der Waals surface area contributed by atoms with Gasteiger partial charge < -0.3 is 5.73 Å². The number of halogens is 1. The van der Waals surface area contributed by atoms with Gasteiger partial charge in [-0.2, -0.15) is 0 Å². The van der Waals surface area contributed by atoms with Crippen LogP contribution in [0.5, 0.6) is 0 Å². The van der Waals surface area contributed by atoms with Crippen LogP contribution in [-0.2, 0) is 6.42 Å². The Balaban J connectivity index is 1.70. The van der Waals surface area contributed by atoms with Crippen molar-refractivity contribution in [2.24, 2.45) is 5.73 Å². The van der Waals surface area contributed by atoms with E-state index >= 15 is 0 Å². The van der Waals surface area contributed by atoms with Gasteiger partial charge in [0.05, 0.1) is 0 Å². The molecule has 1 unspecified atom stereocenters. The van der Waals surface area contributed by atoms with Gasteiger partial charge in [-0.05, 0) is 47.9 Å². The zero-order chi connectivity index (χ0) is 13.9. The van der Waals surface area contributed by atoms with E-state index in [1.54, 1.807) is 12.1 Å². The lowest BCUT2D eigenvalue weighted by molar-refractivity contribution is 0.419. The van der Waals surface area contributed by atoms with Crippen LogP contribution >= 0.6 is 0 Å². The monoisotopic (exact) mass is 269 g/mol. The first-order valence-corrected chi connectivity index (χ1v) is 7.33. The molecule has 2 N–H and O–H groups in total. The van der Waals surface area contributed by atoms with Crippen molar-refractivity contribution in [3.8, 4) is 0 Å². The minimum absolute atomic E-state index is 0.151.